The van der Waals surface area contributed by atoms with Crippen molar-refractivity contribution in [2.45, 2.75) is 299 Å². The molecule has 0 aliphatic heterocycles. The first-order valence-corrected chi connectivity index (χ1v) is 46.0. The van der Waals surface area contributed by atoms with Crippen molar-refractivity contribution in [2.24, 2.45) is 116 Å². The van der Waals surface area contributed by atoms with E-state index in [2.05, 4.69) is 157 Å². The third-order valence-corrected chi connectivity index (χ3v) is 34.1. The molecule has 13 rings (SSSR count). The van der Waals surface area contributed by atoms with E-state index in [9.17, 15) is 49.2 Å². The van der Waals surface area contributed by atoms with Gasteiger partial charge in [0.2, 0.25) is 17.6 Å². The molecule has 124 heavy (non-hydrogen) atoms. The number of isocyanates is 1. The molecule has 0 radical (unpaired) electrons. The number of aliphatic carboxylic acids is 1. The van der Waals surface area contributed by atoms with Crippen LogP contribution in [0.3, 0.4) is 0 Å². The summed E-state index contributed by atoms with van der Waals surface area (Å²) in [5, 5.41) is 39.9. The van der Waals surface area contributed by atoms with Crippen LogP contribution in [0.4, 0.5) is 0 Å². The Hall–Kier alpha value is -8.23. The lowest BCUT2D eigenvalue weighted by molar-refractivity contribution is -0.199. The Morgan fingerprint density at radius 3 is 1.89 bits per heavy atom. The number of carboxylic acid groups (broad SMARTS) is 1. The van der Waals surface area contributed by atoms with Gasteiger partial charge in [0.1, 0.15) is 12.1 Å². The van der Waals surface area contributed by atoms with E-state index < -0.39 is 20.0 Å². The van der Waals surface area contributed by atoms with Crippen molar-refractivity contribution in [3.05, 3.63) is 200 Å². The minimum absolute atomic E-state index is 0. The molecule has 7 saturated carbocycles. The molecule has 1 unspecified atom stereocenters. The number of fused-ring (bicyclic) bond motifs is 11. The van der Waals surface area contributed by atoms with E-state index in [1.807, 2.05) is 113 Å². The van der Waals surface area contributed by atoms with Gasteiger partial charge in [0.15, 0.2) is 23.0 Å². The average molecular weight is 1740 g/mol. The van der Waals surface area contributed by atoms with Crippen LogP contribution in [0.2, 0.25) is 0 Å². The molecule has 2 aromatic carbocycles. The number of allylic oxidation sites excluding steroid dienone is 19. The van der Waals surface area contributed by atoms with Gasteiger partial charge in [0.05, 0.1) is 17.2 Å². The molecule has 0 saturated heterocycles. The summed E-state index contributed by atoms with van der Waals surface area (Å²) in [6, 6.07) is 18.8. The standard InChI is InChI=1S/C33H50O3.C29H39NO3.C28H40O4.C12H10O2.C2H7N.ClH.N3OP/c1-9-11-25(36)20-30(5)16-14-23(3)28(21-30)33(8)18-17-31(6)27(15-19-34)26(24(4)22-35)12-13-29(31)32(33,7)10-2;1-20-8-7-9-22-25(2,11-10-21(32)24(20)33)13-17-29(6)23-18-27(4,30-19-31)15-12-26(23,3)14-16-28(22,29)5;1-24(2)10-12-27(6)21-9-8-17-14-19(29)20(30)15-18(17)26(21,5)11-13-28(27,7)22(24)16-25(3,4)23(31)32;1-3-7-11(8-4-1)13-14-12-9-5-2-6-10-12;1-2-3;;1-2-3-5-4/h12-13,15,19,22-23,28,35H,9-11,14,16-18,20-21H2,1-8H3;7-11,23,33H,12-18H2,1-6H3;8,14-15,21-22,29H,9-13,16H2,1-7H3,(H,31,32);1-10H;2-3H2,1H3;1H;/b24-22+,27-15+;8-7+,11-10+,22-9-,24-20+;;;;;/t23-,28-,30+,31+,32-,33+;23-,25-,26-,27-,28-,29+;21?,22-,26+,27-,28+;;;;/m111..../s1. The number of hydrogen-bond acceptors (Lipinski definition) is 14. The molecule has 2 aromatic rings. The number of carbonyl (C=O) groups excluding carboxylic acids is 5. The number of azide groups is 1. The van der Waals surface area contributed by atoms with Crippen molar-refractivity contribution in [1.82, 2.24) is 0 Å². The van der Waals surface area contributed by atoms with E-state index in [0.29, 0.717) is 71.7 Å². The van der Waals surface area contributed by atoms with Crippen LogP contribution >= 0.6 is 21.0 Å². The van der Waals surface area contributed by atoms with Gasteiger partial charge in [-0.1, -0.05) is 208 Å². The fourth-order valence-corrected chi connectivity index (χ4v) is 25.6. The Bertz CT molecular complexity index is 4690. The van der Waals surface area contributed by atoms with Crippen LogP contribution in [0.15, 0.2) is 200 Å². The highest BCUT2D eigenvalue weighted by Gasteiger charge is 2.69. The quantitative estimate of drug-likeness (QED) is 0.00892. The minimum atomic E-state index is -0.760. The Labute approximate surface area is 748 Å². The van der Waals surface area contributed by atoms with Gasteiger partial charge >= 0.3 is 5.97 Å². The van der Waals surface area contributed by atoms with Gasteiger partial charge in [0.25, 0.3) is 8.61 Å². The smallest absolute Gasteiger partial charge is 0.309 e. The molecule has 678 valence electrons. The zero-order valence-electron chi connectivity index (χ0n) is 78.6. The number of aldehydes is 1. The van der Waals surface area contributed by atoms with Crippen molar-refractivity contribution in [1.29, 1.82) is 0 Å². The van der Waals surface area contributed by atoms with Gasteiger partial charge in [-0.25, -0.2) is 4.79 Å². The molecule has 18 nitrogen and oxygen atoms in total. The van der Waals surface area contributed by atoms with Crippen LogP contribution in [-0.2, 0) is 33.3 Å². The second-order valence-corrected chi connectivity index (χ2v) is 42.6. The number of para-hydroxylation sites is 2. The average Bonchev–Trinajstić information content (AvgIpc) is 0.687. The maximum absolute atomic E-state index is 12.7. The van der Waals surface area contributed by atoms with Gasteiger partial charge in [0, 0.05) is 33.5 Å². The van der Waals surface area contributed by atoms with Crippen LogP contribution in [0.25, 0.3) is 10.4 Å². The monoisotopic (exact) mass is 1740 g/mol. The van der Waals surface area contributed by atoms with Gasteiger partial charge < -0.3 is 26.2 Å². The number of aliphatic hydroxyl groups excluding tert-OH is 3. The van der Waals surface area contributed by atoms with Crippen LogP contribution < -0.4 is 15.5 Å². The number of carbonyl (C=O) groups is 5. The molecular weight excluding hydrogens is 1590 g/mol. The lowest BCUT2D eigenvalue weighted by Gasteiger charge is -2.70. The number of aliphatic imine (C=N–C) groups is 1. The maximum Gasteiger partial charge on any atom is 0.309 e. The van der Waals surface area contributed by atoms with E-state index in [0.717, 1.165) is 163 Å². The fraction of sp³-hybridized carbons (Fsp3) is 0.615. The summed E-state index contributed by atoms with van der Waals surface area (Å²) in [7, 11) is -0.512. The highest BCUT2D eigenvalue weighted by molar-refractivity contribution is 7.21. The zero-order chi connectivity index (χ0) is 91.6. The van der Waals surface area contributed by atoms with Crippen LogP contribution in [0, 0.1) is 100.0 Å². The third-order valence-electron chi connectivity index (χ3n) is 33.9. The summed E-state index contributed by atoms with van der Waals surface area (Å²) in [5.41, 5.74) is 19.3. The van der Waals surface area contributed by atoms with E-state index in [4.69, 9.17) is 25.6 Å². The highest BCUT2D eigenvalue weighted by atomic mass is 35.5. The Balaban J connectivity index is 0.000000227. The van der Waals surface area contributed by atoms with Gasteiger partial charge in [-0.2, -0.15) is 4.99 Å². The molecule has 0 spiro atoms. The summed E-state index contributed by atoms with van der Waals surface area (Å²) >= 11 is 0. The van der Waals surface area contributed by atoms with Crippen LogP contribution in [-0.4, -0.2) is 68.2 Å². The van der Waals surface area contributed by atoms with E-state index in [1.54, 1.807) is 31.2 Å². The molecule has 20 heteroatoms. The van der Waals surface area contributed by atoms with Gasteiger partial charge in [-0.05, 0) is 341 Å². The normalized spacial score (nSPS) is 37.3. The van der Waals surface area contributed by atoms with E-state index in [1.165, 1.54) is 17.6 Å². The molecule has 0 amide bonds. The zero-order valence-corrected chi connectivity index (χ0v) is 80.3. The molecule has 0 aromatic heterocycles. The largest absolute Gasteiger partial charge is 0.515 e. The summed E-state index contributed by atoms with van der Waals surface area (Å²) in [6.07, 6.45) is 47.3. The van der Waals surface area contributed by atoms with Crippen LogP contribution in [0.1, 0.15) is 294 Å². The molecular formula is C104H147ClN5O13P. The molecule has 0 bridgehead atoms. The molecule has 11 aliphatic rings. The number of hydrogen-bond donors (Lipinski definition) is 5. The predicted octanol–water partition coefficient (Wildman–Crippen LogP) is 27.4. The number of nitrogens with two attached hydrogens (primary N) is 1. The van der Waals surface area contributed by atoms with Gasteiger partial charge in [-0.3, -0.25) is 38.3 Å². The second-order valence-electron chi connectivity index (χ2n) is 42.2. The Kier molecular flexibility index (Phi) is 33.5. The SMILES string of the molecule is CC(C)(C[C@@H]1C(C)(C)CC[C@]2(C)C3CC=C4C=C(O)C(=O)C=C4[C@]3(C)CC[C@@]12C)C(=O)O.CC1=C(/O)C(=O)/C=C/[C@]2(C)CC[C@@]3(C)[C@@H]4C[C@](C)(N=C=O)CC[C@]4(C)CC[C@]3(C)\C2=C/C=C/1.CCCC(=O)C[C@]1(C)CC[C@@H](C)[C@H]([C@]2(C)CC[C@]3(C)C(=CC=C(/C(C)=C/O)/C3=C\C=O)[C@@]2(C)CC)C1.CCN.Cl.[N-]=[N+]=NP=O.c1ccc(OOc2ccccc2)cc1. The summed E-state index contributed by atoms with van der Waals surface area (Å²) in [6.45, 7) is 50.2. The van der Waals surface area contributed by atoms with Crippen molar-refractivity contribution in [3.63, 3.8) is 0 Å². The highest BCUT2D eigenvalue weighted by Crippen LogP contribution is 2.77. The number of halogens is 1. The lowest BCUT2D eigenvalue weighted by atomic mass is 9.34. The minimum Gasteiger partial charge on any atom is -0.515 e. The lowest BCUT2D eigenvalue weighted by Crippen LogP contribution is -2.63. The number of nitrogens with zero attached hydrogens (tertiary/aromatic N) is 4. The van der Waals surface area contributed by atoms with E-state index in [-0.39, 0.29) is 106 Å². The Morgan fingerprint density at radius 1 is 0.734 bits per heavy atom. The summed E-state index contributed by atoms with van der Waals surface area (Å²) < 4.78 is 9.08. The first kappa shape index (κ1) is 103. The molecule has 17 atom stereocenters. The fourth-order valence-electron chi connectivity index (χ4n) is 25.5. The number of Topliss-reactive ketones (excluding diaryl/α,β-unsaturated/α-hetero) is 1. The van der Waals surface area contributed by atoms with Crippen LogP contribution in [0.5, 0.6) is 11.5 Å². The molecule has 0 heterocycles. The number of rotatable bonds is 16. The molecule has 11 aliphatic carbocycles. The van der Waals surface area contributed by atoms with Crippen molar-refractivity contribution in [3.8, 4) is 11.5 Å². The van der Waals surface area contributed by atoms with Crippen molar-refractivity contribution < 1.29 is 63.5 Å². The van der Waals surface area contributed by atoms with Gasteiger partial charge in [-0.15, -0.1) is 12.4 Å². The second kappa shape index (κ2) is 40.4. The summed E-state index contributed by atoms with van der Waals surface area (Å²) in [4.78, 5) is 91.9. The molecule has 7 fully saturated rings. The first-order chi connectivity index (χ1) is 57.5. The van der Waals surface area contributed by atoms with E-state index >= 15 is 0 Å². The summed E-state index contributed by atoms with van der Waals surface area (Å²) in [5.74, 6) is 2.45. The topological polar surface area (TPSA) is 306 Å². The Morgan fingerprint density at radius 2 is 1.33 bits per heavy atom. The number of carboxylic acids is 1. The number of aliphatic hydroxyl groups is 3. The number of benzene rings is 2. The number of ketones is 3. The first-order valence-electron chi connectivity index (χ1n) is 45.2. The maximum atomic E-state index is 12.7. The molecule has 6 N–H and O–H groups in total. The third kappa shape index (κ3) is 20.3. The predicted molar refractivity (Wildman–Crippen MR) is 500 cm³/mol. The van der Waals surface area contributed by atoms with Crippen molar-refractivity contribution in [2.75, 3.05) is 6.54 Å². The van der Waals surface area contributed by atoms with Crippen molar-refractivity contribution >= 4 is 56.7 Å².